The molecule has 318 valence electrons. The third kappa shape index (κ3) is 10.1. The molecule has 0 radical (unpaired) electrons. The van der Waals surface area contributed by atoms with E-state index in [-0.39, 0.29) is 0 Å². The Morgan fingerprint density at radius 1 is 0.288 bits per heavy atom. The van der Waals surface area contributed by atoms with Gasteiger partial charge in [-0.3, -0.25) is 0 Å². The van der Waals surface area contributed by atoms with Crippen LogP contribution >= 0.6 is 0 Å². The maximum absolute atomic E-state index is 5.26. The summed E-state index contributed by atoms with van der Waals surface area (Å²) in [5, 5.41) is 0. The third-order valence-electron chi connectivity index (χ3n) is 11.2. The first-order valence-electron chi connectivity index (χ1n) is 22.1. The molecule has 7 aromatic carbocycles. The number of nitrogens with zero attached hydrogens (tertiary/aromatic N) is 6. The van der Waals surface area contributed by atoms with Crippen LogP contribution in [0.3, 0.4) is 0 Å². The van der Waals surface area contributed by atoms with Crippen LogP contribution in [0.15, 0.2) is 238 Å². The number of hydrogen-bond donors (Lipinski definition) is 0. The molecular formula is C60H48N6. The van der Waals surface area contributed by atoms with Crippen LogP contribution in [0.25, 0.3) is 0 Å². The highest BCUT2D eigenvalue weighted by Gasteiger charge is 2.17. The minimum absolute atomic E-state index is 0.735. The monoisotopic (exact) mass is 852 g/mol. The van der Waals surface area contributed by atoms with Crippen molar-refractivity contribution in [1.82, 2.24) is 9.97 Å². The van der Waals surface area contributed by atoms with Gasteiger partial charge in [0.1, 0.15) is 0 Å². The molecule has 9 aromatic rings. The average molecular weight is 853 g/mol. The lowest BCUT2D eigenvalue weighted by Gasteiger charge is -2.12. The van der Waals surface area contributed by atoms with Gasteiger partial charge in [-0.1, -0.05) is 169 Å². The van der Waals surface area contributed by atoms with E-state index in [1.54, 1.807) is 0 Å². The highest BCUT2D eigenvalue weighted by atomic mass is 14.9. The number of benzene rings is 7. The summed E-state index contributed by atoms with van der Waals surface area (Å²) in [6.45, 7) is 8.39. The lowest BCUT2D eigenvalue weighted by atomic mass is 10.0. The number of rotatable bonds is 12. The minimum Gasteiger partial charge on any atom is -0.246 e. The van der Waals surface area contributed by atoms with E-state index in [0.29, 0.717) is 0 Å². The Morgan fingerprint density at radius 2 is 0.576 bits per heavy atom. The molecule has 6 nitrogen and oxygen atoms in total. The van der Waals surface area contributed by atoms with E-state index in [1.165, 1.54) is 11.1 Å². The number of aryl methyl sites for hydroxylation is 4. The van der Waals surface area contributed by atoms with Gasteiger partial charge in [-0.15, -0.1) is 0 Å². The normalized spacial score (nSPS) is 12.3. The Hall–Kier alpha value is -8.48. The molecule has 2 aromatic heterocycles. The standard InChI is InChI=1S/C60H48N6/c1-41-31-37-51(43(3)39-41)65-59(47-23-13-7-14-24-47)55-29-17-27-53(63-55)57(45-19-9-5-10-20-45)61-49-33-35-50(36-34-49)62-58(46-21-11-6-12-22-46)54-28-18-30-56(64-54)60(48-25-15-8-16-26-48)66-52-38-32-42(2)40-44(52)4/h5-40H,1-4H3. The van der Waals surface area contributed by atoms with Crippen LogP contribution in [0.1, 0.15) is 67.3 Å². The quantitative estimate of drug-likeness (QED) is 0.115. The SMILES string of the molecule is Cc1ccc(N=C(c2ccccc2)c2cccc(C(=Nc3ccc(N=C(c4ccccc4)c4cccc(C(=Nc5ccc(C)cc5C)c5ccccc5)n4)cc3)c3ccccc3)n2)c(C)c1. The fourth-order valence-corrected chi connectivity index (χ4v) is 7.82. The van der Waals surface area contributed by atoms with E-state index in [1.807, 2.05) is 133 Å². The Labute approximate surface area is 387 Å². The summed E-state index contributed by atoms with van der Waals surface area (Å²) < 4.78 is 0. The summed E-state index contributed by atoms with van der Waals surface area (Å²) in [6.07, 6.45) is 0. The van der Waals surface area contributed by atoms with Crippen LogP contribution < -0.4 is 0 Å². The van der Waals surface area contributed by atoms with Gasteiger partial charge in [-0.05, 0) is 99.5 Å². The molecule has 0 atom stereocenters. The van der Waals surface area contributed by atoms with E-state index in [2.05, 4.69) is 113 Å². The largest absolute Gasteiger partial charge is 0.246 e. The van der Waals surface area contributed by atoms with Crippen molar-refractivity contribution in [2.75, 3.05) is 0 Å². The van der Waals surface area contributed by atoms with Crippen LogP contribution in [0.2, 0.25) is 0 Å². The lowest BCUT2D eigenvalue weighted by Crippen LogP contribution is -2.12. The van der Waals surface area contributed by atoms with Crippen molar-refractivity contribution >= 4 is 45.6 Å². The fourth-order valence-electron chi connectivity index (χ4n) is 7.82. The first-order valence-corrected chi connectivity index (χ1v) is 22.1. The van der Waals surface area contributed by atoms with Crippen molar-refractivity contribution in [3.05, 3.63) is 286 Å². The topological polar surface area (TPSA) is 75.2 Å². The first kappa shape index (κ1) is 42.8. The maximum atomic E-state index is 5.26. The average Bonchev–Trinajstić information content (AvgIpc) is 3.36. The van der Waals surface area contributed by atoms with Crippen molar-refractivity contribution in [2.24, 2.45) is 20.0 Å². The van der Waals surface area contributed by atoms with Crippen molar-refractivity contribution in [2.45, 2.75) is 27.7 Å². The number of hydrogen-bond acceptors (Lipinski definition) is 6. The minimum atomic E-state index is 0.735. The molecule has 6 heteroatoms. The fraction of sp³-hybridized carbons (Fsp3) is 0.0667. The van der Waals surface area contributed by atoms with Gasteiger partial charge in [0.15, 0.2) is 0 Å². The molecule has 2 heterocycles. The van der Waals surface area contributed by atoms with E-state index in [4.69, 9.17) is 29.9 Å². The van der Waals surface area contributed by atoms with Crippen molar-refractivity contribution in [3.8, 4) is 0 Å². The molecule has 0 bridgehead atoms. The molecule has 66 heavy (non-hydrogen) atoms. The second-order valence-corrected chi connectivity index (χ2v) is 16.2. The van der Waals surface area contributed by atoms with Crippen molar-refractivity contribution in [1.29, 1.82) is 0 Å². The zero-order valence-electron chi connectivity index (χ0n) is 37.5. The summed E-state index contributed by atoms with van der Waals surface area (Å²) in [4.78, 5) is 31.5. The number of aliphatic imine (C=N–C) groups is 4. The van der Waals surface area contributed by atoms with Gasteiger partial charge >= 0.3 is 0 Å². The zero-order chi connectivity index (χ0) is 45.2. The highest BCUT2D eigenvalue weighted by Crippen LogP contribution is 2.27. The Kier molecular flexibility index (Phi) is 12.9. The van der Waals surface area contributed by atoms with E-state index >= 15 is 0 Å². The number of aromatic nitrogens is 2. The van der Waals surface area contributed by atoms with E-state index in [9.17, 15) is 0 Å². The van der Waals surface area contributed by atoms with Gasteiger partial charge in [-0.2, -0.15) is 0 Å². The summed E-state index contributed by atoms with van der Waals surface area (Å²) >= 11 is 0. The van der Waals surface area contributed by atoms with Crippen LogP contribution in [0.5, 0.6) is 0 Å². The molecule has 0 N–H and O–H groups in total. The Morgan fingerprint density at radius 3 is 0.864 bits per heavy atom. The molecule has 0 aliphatic heterocycles. The molecule has 0 aliphatic rings. The molecule has 0 amide bonds. The molecule has 0 saturated heterocycles. The number of pyridine rings is 2. The van der Waals surface area contributed by atoms with Crippen LogP contribution in [0, 0.1) is 27.7 Å². The van der Waals surface area contributed by atoms with Gasteiger partial charge in [0.2, 0.25) is 0 Å². The van der Waals surface area contributed by atoms with Gasteiger partial charge in [-0.25, -0.2) is 29.9 Å². The first-order chi connectivity index (χ1) is 32.3. The molecule has 0 unspecified atom stereocenters. The second-order valence-electron chi connectivity index (χ2n) is 16.2. The molecular weight excluding hydrogens is 805 g/mol. The van der Waals surface area contributed by atoms with Crippen LogP contribution in [0.4, 0.5) is 22.7 Å². The van der Waals surface area contributed by atoms with E-state index in [0.717, 1.165) is 102 Å². The van der Waals surface area contributed by atoms with Gasteiger partial charge in [0.05, 0.1) is 68.4 Å². The van der Waals surface area contributed by atoms with Gasteiger partial charge < -0.3 is 0 Å². The molecule has 9 rings (SSSR count). The van der Waals surface area contributed by atoms with Gasteiger partial charge in [0.25, 0.3) is 0 Å². The maximum Gasteiger partial charge on any atom is 0.0966 e. The molecule has 0 spiro atoms. The highest BCUT2D eigenvalue weighted by molar-refractivity contribution is 6.17. The second kappa shape index (κ2) is 19.9. The van der Waals surface area contributed by atoms with Crippen LogP contribution in [-0.4, -0.2) is 32.8 Å². The molecule has 0 saturated carbocycles. The van der Waals surface area contributed by atoms with Crippen molar-refractivity contribution < 1.29 is 0 Å². The van der Waals surface area contributed by atoms with Crippen LogP contribution in [-0.2, 0) is 0 Å². The molecule has 0 fully saturated rings. The summed E-state index contributed by atoms with van der Waals surface area (Å²) in [5.41, 5.74) is 17.9. The smallest absolute Gasteiger partial charge is 0.0966 e. The molecule has 0 aliphatic carbocycles. The Bertz CT molecular complexity index is 3020. The van der Waals surface area contributed by atoms with E-state index < -0.39 is 0 Å². The summed E-state index contributed by atoms with van der Waals surface area (Å²) in [6, 6.07) is 73.6. The van der Waals surface area contributed by atoms with Gasteiger partial charge in [0, 0.05) is 22.3 Å². The predicted molar refractivity (Wildman–Crippen MR) is 274 cm³/mol. The zero-order valence-corrected chi connectivity index (χ0v) is 37.5. The lowest BCUT2D eigenvalue weighted by molar-refractivity contribution is 1.24. The summed E-state index contributed by atoms with van der Waals surface area (Å²) in [7, 11) is 0. The Balaban J connectivity index is 1.10. The predicted octanol–water partition coefficient (Wildman–Crippen LogP) is 14.4. The third-order valence-corrected chi connectivity index (χ3v) is 11.2. The van der Waals surface area contributed by atoms with Crippen molar-refractivity contribution in [3.63, 3.8) is 0 Å². The summed E-state index contributed by atoms with van der Waals surface area (Å²) in [5.74, 6) is 0.